The van der Waals surface area contributed by atoms with E-state index in [-0.39, 0.29) is 12.0 Å². The number of hydrogen-bond acceptors (Lipinski definition) is 5. The fourth-order valence-corrected chi connectivity index (χ4v) is 1.44. The number of carbonyl (C=O) groups is 1. The Hall–Kier alpha value is -1.85. The molecule has 0 aliphatic carbocycles. The number of rotatable bonds is 6. The van der Waals surface area contributed by atoms with Crippen molar-refractivity contribution in [3.8, 4) is 0 Å². The van der Waals surface area contributed by atoms with Gasteiger partial charge in [-0.3, -0.25) is 4.79 Å². The highest BCUT2D eigenvalue weighted by Crippen LogP contribution is 2.20. The van der Waals surface area contributed by atoms with Crippen LogP contribution in [0.25, 0.3) is 0 Å². The van der Waals surface area contributed by atoms with Gasteiger partial charge >= 0.3 is 5.97 Å². The number of aromatic nitrogens is 2. The van der Waals surface area contributed by atoms with Gasteiger partial charge in [-0.2, -0.15) is 0 Å². The Balaban J connectivity index is 2.62. The monoisotopic (exact) mass is 266 g/mol. The van der Waals surface area contributed by atoms with Crippen molar-refractivity contribution in [2.24, 2.45) is 5.41 Å². The zero-order valence-corrected chi connectivity index (χ0v) is 12.0. The molecular formula is C13H22N4O2. The van der Waals surface area contributed by atoms with Gasteiger partial charge in [-0.05, 0) is 11.8 Å². The Morgan fingerprint density at radius 1 is 1.42 bits per heavy atom. The maximum absolute atomic E-state index is 10.5. The summed E-state index contributed by atoms with van der Waals surface area (Å²) in [4.78, 5) is 20.7. The number of nitrogens with zero attached hydrogens (tertiary/aromatic N) is 3. The van der Waals surface area contributed by atoms with E-state index in [2.05, 4.69) is 36.1 Å². The number of anilines is 2. The lowest BCUT2D eigenvalue weighted by atomic mass is 9.92. The highest BCUT2D eigenvalue weighted by atomic mass is 16.4. The van der Waals surface area contributed by atoms with E-state index in [1.54, 1.807) is 6.07 Å². The van der Waals surface area contributed by atoms with Gasteiger partial charge in [-0.25, -0.2) is 9.97 Å². The fourth-order valence-electron chi connectivity index (χ4n) is 1.44. The van der Waals surface area contributed by atoms with Crippen molar-refractivity contribution in [1.29, 1.82) is 0 Å². The molecule has 0 spiro atoms. The minimum Gasteiger partial charge on any atom is -0.480 e. The molecule has 1 rings (SSSR count). The molecule has 1 aromatic heterocycles. The Labute approximate surface area is 113 Å². The van der Waals surface area contributed by atoms with Crippen molar-refractivity contribution in [2.45, 2.75) is 27.2 Å². The van der Waals surface area contributed by atoms with E-state index in [0.29, 0.717) is 5.82 Å². The summed E-state index contributed by atoms with van der Waals surface area (Å²) in [7, 11) is 1.97. The van der Waals surface area contributed by atoms with E-state index < -0.39 is 5.97 Å². The van der Waals surface area contributed by atoms with E-state index in [1.807, 2.05) is 11.9 Å². The van der Waals surface area contributed by atoms with Crippen LogP contribution in [-0.4, -0.2) is 41.2 Å². The third-order valence-corrected chi connectivity index (χ3v) is 2.66. The molecule has 1 aromatic rings. The van der Waals surface area contributed by atoms with Gasteiger partial charge in [0.15, 0.2) is 0 Å². The molecule has 0 aliphatic rings. The van der Waals surface area contributed by atoms with Crippen LogP contribution in [0.3, 0.4) is 0 Å². The first kappa shape index (κ1) is 15.2. The third-order valence-electron chi connectivity index (χ3n) is 2.66. The van der Waals surface area contributed by atoms with E-state index in [1.165, 1.54) is 6.33 Å². The molecule has 0 saturated heterocycles. The summed E-state index contributed by atoms with van der Waals surface area (Å²) in [5.74, 6) is 0.392. The van der Waals surface area contributed by atoms with Gasteiger partial charge in [0.05, 0.1) is 0 Å². The van der Waals surface area contributed by atoms with Gasteiger partial charge in [0, 0.05) is 19.7 Å². The second-order valence-electron chi connectivity index (χ2n) is 5.74. The van der Waals surface area contributed by atoms with Crippen LogP contribution < -0.4 is 10.2 Å². The second-order valence-corrected chi connectivity index (χ2v) is 5.74. The van der Waals surface area contributed by atoms with Crippen LogP contribution in [-0.2, 0) is 4.79 Å². The topological polar surface area (TPSA) is 78.4 Å². The van der Waals surface area contributed by atoms with Crippen LogP contribution in [0.2, 0.25) is 0 Å². The zero-order valence-electron chi connectivity index (χ0n) is 12.0. The molecule has 0 unspecified atom stereocenters. The van der Waals surface area contributed by atoms with Crippen LogP contribution in [0.5, 0.6) is 0 Å². The van der Waals surface area contributed by atoms with Gasteiger partial charge < -0.3 is 15.3 Å². The molecule has 0 atom stereocenters. The molecule has 6 heteroatoms. The largest absolute Gasteiger partial charge is 0.480 e. The van der Waals surface area contributed by atoms with E-state index in [0.717, 1.165) is 18.8 Å². The van der Waals surface area contributed by atoms with Gasteiger partial charge in [-0.15, -0.1) is 0 Å². The van der Waals surface area contributed by atoms with Crippen LogP contribution in [0, 0.1) is 5.41 Å². The summed E-state index contributed by atoms with van der Waals surface area (Å²) in [5, 5.41) is 11.3. The van der Waals surface area contributed by atoms with E-state index >= 15 is 0 Å². The van der Waals surface area contributed by atoms with E-state index in [9.17, 15) is 4.79 Å². The molecule has 106 valence electrons. The molecule has 1 heterocycles. The SMILES string of the molecule is CN(CCC(C)(C)C)c1cc(NCC(=O)O)ncn1. The van der Waals surface area contributed by atoms with Gasteiger partial charge in [0.2, 0.25) is 0 Å². The van der Waals surface area contributed by atoms with Gasteiger partial charge in [0.1, 0.15) is 24.5 Å². The molecule has 2 N–H and O–H groups in total. The van der Waals surface area contributed by atoms with Gasteiger partial charge in [-0.1, -0.05) is 20.8 Å². The van der Waals surface area contributed by atoms with Crippen molar-refractivity contribution in [3.63, 3.8) is 0 Å². The molecule has 0 saturated carbocycles. The first-order valence-electron chi connectivity index (χ1n) is 6.27. The minimum atomic E-state index is -0.916. The van der Waals surface area contributed by atoms with E-state index in [4.69, 9.17) is 5.11 Å². The number of carboxylic acids is 1. The summed E-state index contributed by atoms with van der Waals surface area (Å²) in [6, 6.07) is 1.76. The Morgan fingerprint density at radius 3 is 2.68 bits per heavy atom. The predicted molar refractivity (Wildman–Crippen MR) is 75.5 cm³/mol. The Kier molecular flexibility index (Phi) is 5.09. The lowest BCUT2D eigenvalue weighted by Gasteiger charge is -2.24. The summed E-state index contributed by atoms with van der Waals surface area (Å²) < 4.78 is 0. The van der Waals surface area contributed by atoms with Crippen molar-refractivity contribution < 1.29 is 9.90 Å². The predicted octanol–water partition coefficient (Wildman–Crippen LogP) is 1.85. The highest BCUT2D eigenvalue weighted by molar-refractivity contribution is 5.72. The number of hydrogen-bond donors (Lipinski definition) is 2. The highest BCUT2D eigenvalue weighted by Gasteiger charge is 2.12. The number of aliphatic carboxylic acids is 1. The second kappa shape index (κ2) is 6.36. The van der Waals surface area contributed by atoms with Crippen molar-refractivity contribution in [1.82, 2.24) is 9.97 Å². The van der Waals surface area contributed by atoms with Crippen molar-refractivity contribution in [3.05, 3.63) is 12.4 Å². The maximum Gasteiger partial charge on any atom is 0.322 e. The lowest BCUT2D eigenvalue weighted by molar-refractivity contribution is -0.134. The quantitative estimate of drug-likeness (QED) is 0.818. The molecular weight excluding hydrogens is 244 g/mol. The normalized spacial score (nSPS) is 11.2. The summed E-state index contributed by atoms with van der Waals surface area (Å²) in [5.41, 5.74) is 0.270. The number of nitrogens with one attached hydrogen (secondary N) is 1. The summed E-state index contributed by atoms with van der Waals surface area (Å²) in [6.45, 7) is 7.32. The van der Waals surface area contributed by atoms with Crippen LogP contribution in [0.15, 0.2) is 12.4 Å². The maximum atomic E-state index is 10.5. The van der Waals surface area contributed by atoms with Crippen molar-refractivity contribution in [2.75, 3.05) is 30.4 Å². The van der Waals surface area contributed by atoms with Crippen LogP contribution in [0.4, 0.5) is 11.6 Å². The molecule has 0 amide bonds. The molecule has 0 aliphatic heterocycles. The first-order chi connectivity index (χ1) is 8.78. The standard InChI is InChI=1S/C13H22N4O2/c1-13(2,3)5-6-17(4)11-7-10(15-9-16-11)14-8-12(18)19/h7,9H,5-6,8H2,1-4H3,(H,18,19)(H,14,15,16). The van der Waals surface area contributed by atoms with Crippen LogP contribution in [0.1, 0.15) is 27.2 Å². The molecule has 6 nitrogen and oxygen atoms in total. The number of carboxylic acid groups (broad SMARTS) is 1. The molecule has 19 heavy (non-hydrogen) atoms. The first-order valence-corrected chi connectivity index (χ1v) is 6.27. The molecule has 0 fully saturated rings. The average Bonchev–Trinajstić information content (AvgIpc) is 2.33. The molecule has 0 bridgehead atoms. The zero-order chi connectivity index (χ0) is 14.5. The summed E-state index contributed by atoms with van der Waals surface area (Å²) >= 11 is 0. The molecule has 0 aromatic carbocycles. The van der Waals surface area contributed by atoms with Gasteiger partial charge in [0.25, 0.3) is 0 Å². The Morgan fingerprint density at radius 2 is 2.11 bits per heavy atom. The fraction of sp³-hybridized carbons (Fsp3) is 0.615. The van der Waals surface area contributed by atoms with Crippen LogP contribution >= 0.6 is 0 Å². The minimum absolute atomic E-state index is 0.151. The van der Waals surface area contributed by atoms with Crippen molar-refractivity contribution >= 4 is 17.6 Å². The summed E-state index contributed by atoms with van der Waals surface area (Å²) in [6.07, 6.45) is 2.48. The smallest absolute Gasteiger partial charge is 0.322 e. The third kappa shape index (κ3) is 6.03. The average molecular weight is 266 g/mol. The Bertz CT molecular complexity index is 429. The molecule has 0 radical (unpaired) electrons. The lowest BCUT2D eigenvalue weighted by Crippen LogP contribution is -2.24.